The van der Waals surface area contributed by atoms with Crippen molar-refractivity contribution in [2.45, 2.75) is 38.5 Å². The van der Waals surface area contributed by atoms with Gasteiger partial charge in [0, 0.05) is 32.2 Å². The molecule has 2 unspecified atom stereocenters. The molecule has 1 rings (SSSR count). The zero-order chi connectivity index (χ0) is 12.8. The van der Waals surface area contributed by atoms with Crippen LogP contribution in [0.3, 0.4) is 0 Å². The molecule has 0 aromatic heterocycles. The second-order valence-corrected chi connectivity index (χ2v) is 4.64. The Morgan fingerprint density at radius 3 is 2.76 bits per heavy atom. The molecule has 1 saturated heterocycles. The van der Waals surface area contributed by atoms with Gasteiger partial charge in [-0.1, -0.05) is 0 Å². The first-order valence-electron chi connectivity index (χ1n) is 6.03. The van der Waals surface area contributed by atoms with Crippen molar-refractivity contribution in [3.63, 3.8) is 0 Å². The van der Waals surface area contributed by atoms with E-state index in [0.29, 0.717) is 19.2 Å². The minimum Gasteiger partial charge on any atom is -0.386 e. The van der Waals surface area contributed by atoms with E-state index in [1.54, 1.807) is 0 Å². The van der Waals surface area contributed by atoms with E-state index >= 15 is 0 Å². The molecule has 0 aromatic carbocycles. The zero-order valence-electron chi connectivity index (χ0n) is 10.4. The highest BCUT2D eigenvalue weighted by Gasteiger charge is 2.22. The number of alkyl halides is 2. The van der Waals surface area contributed by atoms with Crippen molar-refractivity contribution in [2.75, 3.05) is 32.8 Å². The van der Waals surface area contributed by atoms with Crippen molar-refractivity contribution >= 4 is 0 Å². The maximum absolute atomic E-state index is 12.0. The van der Waals surface area contributed by atoms with Crippen molar-refractivity contribution in [2.24, 2.45) is 0 Å². The van der Waals surface area contributed by atoms with Gasteiger partial charge in [-0.3, -0.25) is 4.90 Å². The van der Waals surface area contributed by atoms with Gasteiger partial charge < -0.3 is 15.2 Å². The fourth-order valence-electron chi connectivity index (χ4n) is 1.82. The average Bonchev–Trinajstić information content (AvgIpc) is 2.29. The number of halogens is 2. The monoisotopic (exact) mass is 252 g/mol. The summed E-state index contributed by atoms with van der Waals surface area (Å²) in [5, 5.41) is 11.7. The van der Waals surface area contributed by atoms with Gasteiger partial charge >= 0.3 is 0 Å². The molecule has 0 spiro atoms. The summed E-state index contributed by atoms with van der Waals surface area (Å²) in [6, 6.07) is 0.466. The second kappa shape index (κ2) is 7.20. The lowest BCUT2D eigenvalue weighted by Crippen LogP contribution is -2.49. The van der Waals surface area contributed by atoms with Gasteiger partial charge in [-0.2, -0.15) is 0 Å². The van der Waals surface area contributed by atoms with E-state index in [1.165, 1.54) is 0 Å². The maximum Gasteiger partial charge on any atom is 0.265 e. The molecule has 0 bridgehead atoms. The predicted octanol–water partition coefficient (Wildman–Crippen LogP) is 0.311. The van der Waals surface area contributed by atoms with E-state index in [0.717, 1.165) is 13.1 Å². The van der Waals surface area contributed by atoms with Crippen molar-refractivity contribution in [1.29, 1.82) is 0 Å². The Hall–Kier alpha value is -0.300. The van der Waals surface area contributed by atoms with Crippen LogP contribution in [0.15, 0.2) is 0 Å². The molecule has 0 aromatic rings. The van der Waals surface area contributed by atoms with Crippen LogP contribution in [-0.4, -0.2) is 67.5 Å². The molecule has 2 N–H and O–H groups in total. The van der Waals surface area contributed by atoms with E-state index in [9.17, 15) is 8.78 Å². The van der Waals surface area contributed by atoms with Gasteiger partial charge in [0.05, 0.1) is 12.7 Å². The summed E-state index contributed by atoms with van der Waals surface area (Å²) in [4.78, 5) is 2.29. The van der Waals surface area contributed by atoms with Crippen LogP contribution in [0.25, 0.3) is 0 Å². The summed E-state index contributed by atoms with van der Waals surface area (Å²) in [5.74, 6) is 0. The zero-order valence-corrected chi connectivity index (χ0v) is 10.4. The summed E-state index contributed by atoms with van der Waals surface area (Å²) in [5.41, 5.74) is 0. The summed E-state index contributed by atoms with van der Waals surface area (Å²) in [7, 11) is 0. The van der Waals surface area contributed by atoms with E-state index in [2.05, 4.69) is 24.1 Å². The highest BCUT2D eigenvalue weighted by molar-refractivity contribution is 4.76. The molecular formula is C11H22F2N2O2. The number of ether oxygens (including phenoxy) is 1. The van der Waals surface area contributed by atoms with Gasteiger partial charge in [0.1, 0.15) is 6.10 Å². The molecule has 0 radical (unpaired) electrons. The normalized spacial score (nSPS) is 24.5. The topological polar surface area (TPSA) is 44.7 Å². The Balaban J connectivity index is 2.18. The van der Waals surface area contributed by atoms with E-state index in [-0.39, 0.29) is 12.6 Å². The van der Waals surface area contributed by atoms with Gasteiger partial charge in [-0.25, -0.2) is 8.78 Å². The maximum atomic E-state index is 12.0. The number of hydrogen-bond donors (Lipinski definition) is 2. The van der Waals surface area contributed by atoms with Crippen molar-refractivity contribution < 1.29 is 18.6 Å². The first-order valence-corrected chi connectivity index (χ1v) is 6.03. The number of morpholine rings is 1. The average molecular weight is 252 g/mol. The predicted molar refractivity (Wildman–Crippen MR) is 61.3 cm³/mol. The largest absolute Gasteiger partial charge is 0.386 e. The van der Waals surface area contributed by atoms with Crippen molar-refractivity contribution in [1.82, 2.24) is 10.2 Å². The number of rotatable bonds is 6. The molecule has 0 aliphatic carbocycles. The third kappa shape index (κ3) is 5.25. The van der Waals surface area contributed by atoms with Crippen LogP contribution in [0.5, 0.6) is 0 Å². The summed E-state index contributed by atoms with van der Waals surface area (Å²) < 4.78 is 29.6. The Kier molecular flexibility index (Phi) is 6.26. The Labute approximate surface area is 101 Å². The lowest BCUT2D eigenvalue weighted by Gasteiger charge is -2.35. The number of nitrogens with zero attached hydrogens (tertiary/aromatic N) is 1. The van der Waals surface area contributed by atoms with Crippen LogP contribution in [0.1, 0.15) is 13.8 Å². The molecule has 102 valence electrons. The van der Waals surface area contributed by atoms with Crippen LogP contribution < -0.4 is 5.32 Å². The minimum atomic E-state index is -2.69. The van der Waals surface area contributed by atoms with Crippen LogP contribution in [0.4, 0.5) is 8.78 Å². The van der Waals surface area contributed by atoms with E-state index in [4.69, 9.17) is 9.84 Å². The Morgan fingerprint density at radius 1 is 1.47 bits per heavy atom. The minimum absolute atomic E-state index is 0.0102. The molecule has 17 heavy (non-hydrogen) atoms. The summed E-state index contributed by atoms with van der Waals surface area (Å²) >= 11 is 0. The smallest absolute Gasteiger partial charge is 0.265 e. The van der Waals surface area contributed by atoms with E-state index in [1.807, 2.05) is 0 Å². The highest BCUT2D eigenvalue weighted by atomic mass is 19.3. The highest BCUT2D eigenvalue weighted by Crippen LogP contribution is 2.08. The van der Waals surface area contributed by atoms with Gasteiger partial charge in [-0.05, 0) is 13.8 Å². The van der Waals surface area contributed by atoms with Crippen LogP contribution in [0.2, 0.25) is 0 Å². The Morgan fingerprint density at radius 2 is 2.18 bits per heavy atom. The molecule has 0 saturated carbocycles. The van der Waals surface area contributed by atoms with E-state index < -0.39 is 12.5 Å². The fourth-order valence-corrected chi connectivity index (χ4v) is 1.82. The molecule has 1 heterocycles. The third-order valence-electron chi connectivity index (χ3n) is 2.92. The molecule has 2 atom stereocenters. The molecule has 4 nitrogen and oxygen atoms in total. The third-order valence-corrected chi connectivity index (χ3v) is 2.92. The number of aliphatic hydroxyl groups is 1. The molecule has 1 aliphatic heterocycles. The first kappa shape index (κ1) is 14.8. The molecular weight excluding hydrogens is 230 g/mol. The standard InChI is InChI=1S/C11H22F2N2O2/c1-8(2)15-3-4-17-9(7-15)5-14-6-10(16)11(12)13/h8-11,14,16H,3-7H2,1-2H3. The molecule has 1 aliphatic rings. The fraction of sp³-hybridized carbons (Fsp3) is 1.00. The second-order valence-electron chi connectivity index (χ2n) is 4.64. The van der Waals surface area contributed by atoms with Crippen LogP contribution in [-0.2, 0) is 4.74 Å². The molecule has 0 amide bonds. The summed E-state index contributed by atoms with van der Waals surface area (Å²) in [6.45, 7) is 7.02. The van der Waals surface area contributed by atoms with Gasteiger partial charge in [0.15, 0.2) is 0 Å². The number of hydrogen-bond acceptors (Lipinski definition) is 4. The molecule has 1 fully saturated rings. The lowest BCUT2D eigenvalue weighted by molar-refractivity contribution is -0.0416. The van der Waals surface area contributed by atoms with Crippen LogP contribution in [0, 0.1) is 0 Å². The molecule has 6 heteroatoms. The quantitative estimate of drug-likeness (QED) is 0.714. The first-order chi connectivity index (χ1) is 8.00. The number of aliphatic hydroxyl groups excluding tert-OH is 1. The lowest BCUT2D eigenvalue weighted by atomic mass is 10.2. The number of nitrogens with one attached hydrogen (secondary N) is 1. The van der Waals surface area contributed by atoms with Gasteiger partial charge in [0.25, 0.3) is 6.43 Å². The van der Waals surface area contributed by atoms with Crippen LogP contribution >= 0.6 is 0 Å². The Bertz CT molecular complexity index is 218. The SMILES string of the molecule is CC(C)N1CCOC(CNCC(O)C(F)F)C1. The van der Waals surface area contributed by atoms with Gasteiger partial charge in [-0.15, -0.1) is 0 Å². The summed E-state index contributed by atoms with van der Waals surface area (Å²) in [6.07, 6.45) is -4.28. The van der Waals surface area contributed by atoms with Gasteiger partial charge in [0.2, 0.25) is 0 Å². The van der Waals surface area contributed by atoms with Crippen molar-refractivity contribution in [3.8, 4) is 0 Å². The van der Waals surface area contributed by atoms with Crippen molar-refractivity contribution in [3.05, 3.63) is 0 Å².